The summed E-state index contributed by atoms with van der Waals surface area (Å²) >= 11 is 3.28. The van der Waals surface area contributed by atoms with Crippen LogP contribution in [0.1, 0.15) is 5.56 Å². The van der Waals surface area contributed by atoms with Gasteiger partial charge in [-0.05, 0) is 24.6 Å². The van der Waals surface area contributed by atoms with Crippen LogP contribution in [0.2, 0.25) is 0 Å². The zero-order chi connectivity index (χ0) is 13.1. The molecule has 6 heteroatoms. The van der Waals surface area contributed by atoms with Gasteiger partial charge in [0, 0.05) is 25.2 Å². The van der Waals surface area contributed by atoms with E-state index in [1.807, 2.05) is 6.07 Å². The van der Waals surface area contributed by atoms with Gasteiger partial charge in [0.2, 0.25) is 10.0 Å². The summed E-state index contributed by atoms with van der Waals surface area (Å²) in [5.74, 6) is 0. The summed E-state index contributed by atoms with van der Waals surface area (Å²) in [6.07, 6.45) is 0. The molecule has 0 N–H and O–H groups in total. The molecule has 1 rings (SSSR count). The van der Waals surface area contributed by atoms with Gasteiger partial charge < -0.3 is 4.74 Å². The molecule has 0 amide bonds. The Morgan fingerprint density at radius 1 is 1.41 bits per heavy atom. The van der Waals surface area contributed by atoms with Crippen molar-refractivity contribution in [2.24, 2.45) is 0 Å². The van der Waals surface area contributed by atoms with Crippen LogP contribution in [0, 0.1) is 6.92 Å². The molecule has 17 heavy (non-hydrogen) atoms. The van der Waals surface area contributed by atoms with Gasteiger partial charge in [-0.25, -0.2) is 8.42 Å². The van der Waals surface area contributed by atoms with Crippen LogP contribution in [0.5, 0.6) is 0 Å². The number of methoxy groups -OCH3 is 1. The molecule has 96 valence electrons. The maximum absolute atomic E-state index is 12.3. The average Bonchev–Trinajstić information content (AvgIpc) is 2.28. The second-order valence-electron chi connectivity index (χ2n) is 3.73. The number of halogens is 1. The Bertz CT molecular complexity index is 487. The summed E-state index contributed by atoms with van der Waals surface area (Å²) in [5.41, 5.74) is 0.734. The third kappa shape index (κ3) is 3.51. The molecule has 0 heterocycles. The van der Waals surface area contributed by atoms with E-state index < -0.39 is 10.0 Å². The highest BCUT2D eigenvalue weighted by Crippen LogP contribution is 2.22. The molecule has 0 aliphatic heterocycles. The van der Waals surface area contributed by atoms with E-state index in [2.05, 4.69) is 15.9 Å². The first-order valence-corrected chi connectivity index (χ1v) is 7.34. The van der Waals surface area contributed by atoms with Gasteiger partial charge in [-0.3, -0.25) is 0 Å². The summed E-state index contributed by atoms with van der Waals surface area (Å²) in [6.45, 7) is 2.50. The minimum absolute atomic E-state index is 0.325. The molecular weight excluding hydrogens is 306 g/mol. The maximum atomic E-state index is 12.3. The van der Waals surface area contributed by atoms with E-state index in [0.29, 0.717) is 18.0 Å². The molecule has 0 aliphatic rings. The summed E-state index contributed by atoms with van der Waals surface area (Å²) in [4.78, 5) is 0.325. The van der Waals surface area contributed by atoms with Crippen molar-refractivity contribution in [1.29, 1.82) is 0 Å². The normalized spacial score (nSPS) is 12.1. The van der Waals surface area contributed by atoms with E-state index >= 15 is 0 Å². The van der Waals surface area contributed by atoms with Gasteiger partial charge in [-0.1, -0.05) is 22.0 Å². The van der Waals surface area contributed by atoms with Crippen molar-refractivity contribution in [2.45, 2.75) is 11.8 Å². The molecular formula is C11H16BrNO3S. The van der Waals surface area contributed by atoms with E-state index in [9.17, 15) is 8.42 Å². The van der Waals surface area contributed by atoms with Crippen LogP contribution in [0.3, 0.4) is 0 Å². The molecule has 4 nitrogen and oxygen atoms in total. The number of hydrogen-bond donors (Lipinski definition) is 0. The number of likely N-dealkylation sites (N-methyl/N-ethyl adjacent to an activating group) is 1. The summed E-state index contributed by atoms with van der Waals surface area (Å²) in [7, 11) is -0.344. The van der Waals surface area contributed by atoms with Crippen LogP contribution < -0.4 is 0 Å². The molecule has 0 spiro atoms. The Labute approximate surface area is 111 Å². The number of nitrogens with zero attached hydrogens (tertiary/aromatic N) is 1. The van der Waals surface area contributed by atoms with Crippen molar-refractivity contribution >= 4 is 26.0 Å². The zero-order valence-corrected chi connectivity index (χ0v) is 12.5. The molecule has 0 unspecified atom stereocenters. The largest absolute Gasteiger partial charge is 0.383 e. The number of ether oxygens (including phenoxy) is 1. The maximum Gasteiger partial charge on any atom is 0.243 e. The highest BCUT2D eigenvalue weighted by Gasteiger charge is 2.22. The minimum Gasteiger partial charge on any atom is -0.383 e. The average molecular weight is 322 g/mol. The zero-order valence-electron chi connectivity index (χ0n) is 10.1. The van der Waals surface area contributed by atoms with Crippen LogP contribution in [-0.4, -0.2) is 40.0 Å². The standard InChI is InChI=1S/C11H16BrNO3S/c1-9-4-5-10(12)8-11(9)17(14,15)13(2)6-7-16-3/h4-5,8H,6-7H2,1-3H3. The van der Waals surface area contributed by atoms with Gasteiger partial charge in [0.25, 0.3) is 0 Å². The van der Waals surface area contributed by atoms with E-state index in [-0.39, 0.29) is 0 Å². The summed E-state index contributed by atoms with van der Waals surface area (Å²) < 4.78 is 31.5. The molecule has 0 saturated heterocycles. The second kappa shape index (κ2) is 5.95. The second-order valence-corrected chi connectivity index (χ2v) is 6.66. The Morgan fingerprint density at radius 3 is 2.65 bits per heavy atom. The Morgan fingerprint density at radius 2 is 2.06 bits per heavy atom. The fraction of sp³-hybridized carbons (Fsp3) is 0.455. The lowest BCUT2D eigenvalue weighted by Gasteiger charge is -2.18. The predicted octanol–water partition coefficient (Wildman–Crippen LogP) is 2.02. The van der Waals surface area contributed by atoms with Crippen LogP contribution in [-0.2, 0) is 14.8 Å². The third-order valence-corrected chi connectivity index (χ3v) is 4.94. The van der Waals surface area contributed by atoms with Gasteiger partial charge in [-0.15, -0.1) is 0 Å². The fourth-order valence-corrected chi connectivity index (χ4v) is 3.27. The van der Waals surface area contributed by atoms with Crippen LogP contribution in [0.25, 0.3) is 0 Å². The smallest absolute Gasteiger partial charge is 0.243 e. The quantitative estimate of drug-likeness (QED) is 0.833. The summed E-state index contributed by atoms with van der Waals surface area (Å²) in [6, 6.07) is 5.22. The van der Waals surface area contributed by atoms with Crippen LogP contribution in [0.15, 0.2) is 27.6 Å². The van der Waals surface area contributed by atoms with Crippen molar-refractivity contribution < 1.29 is 13.2 Å². The first-order valence-electron chi connectivity index (χ1n) is 5.11. The van der Waals surface area contributed by atoms with Gasteiger partial charge >= 0.3 is 0 Å². The highest BCUT2D eigenvalue weighted by atomic mass is 79.9. The van der Waals surface area contributed by atoms with Gasteiger partial charge in [0.1, 0.15) is 0 Å². The van der Waals surface area contributed by atoms with Gasteiger partial charge in [-0.2, -0.15) is 4.31 Å². The Balaban J connectivity index is 3.08. The van der Waals surface area contributed by atoms with E-state index in [1.54, 1.807) is 33.2 Å². The van der Waals surface area contributed by atoms with E-state index in [0.717, 1.165) is 10.0 Å². The minimum atomic E-state index is -3.44. The first kappa shape index (κ1) is 14.6. The lowest BCUT2D eigenvalue weighted by molar-refractivity contribution is 0.185. The lowest BCUT2D eigenvalue weighted by Crippen LogP contribution is -2.30. The molecule has 0 saturated carbocycles. The van der Waals surface area contributed by atoms with Crippen molar-refractivity contribution in [3.63, 3.8) is 0 Å². The third-order valence-electron chi connectivity index (χ3n) is 2.45. The number of rotatable bonds is 5. The molecule has 1 aromatic rings. The van der Waals surface area contributed by atoms with E-state index in [1.165, 1.54) is 4.31 Å². The number of sulfonamides is 1. The predicted molar refractivity (Wildman–Crippen MR) is 70.6 cm³/mol. The molecule has 0 radical (unpaired) electrons. The van der Waals surface area contributed by atoms with Crippen molar-refractivity contribution in [3.05, 3.63) is 28.2 Å². The monoisotopic (exact) mass is 321 g/mol. The molecule has 0 aromatic heterocycles. The Hall–Kier alpha value is -0.430. The summed E-state index contributed by atoms with van der Waals surface area (Å²) in [5, 5.41) is 0. The molecule has 0 bridgehead atoms. The number of aryl methyl sites for hydroxylation is 1. The fourth-order valence-electron chi connectivity index (χ4n) is 1.36. The topological polar surface area (TPSA) is 46.6 Å². The molecule has 1 aromatic carbocycles. The van der Waals surface area contributed by atoms with E-state index in [4.69, 9.17) is 4.74 Å². The van der Waals surface area contributed by atoms with Crippen LogP contribution >= 0.6 is 15.9 Å². The highest BCUT2D eigenvalue weighted by molar-refractivity contribution is 9.10. The molecule has 0 fully saturated rings. The molecule has 0 aliphatic carbocycles. The molecule has 0 atom stereocenters. The lowest BCUT2D eigenvalue weighted by atomic mass is 10.2. The Kier molecular flexibility index (Phi) is 5.12. The van der Waals surface area contributed by atoms with Crippen molar-refractivity contribution in [2.75, 3.05) is 27.3 Å². The van der Waals surface area contributed by atoms with Gasteiger partial charge in [0.05, 0.1) is 11.5 Å². The van der Waals surface area contributed by atoms with Crippen molar-refractivity contribution in [1.82, 2.24) is 4.31 Å². The number of benzene rings is 1. The first-order chi connectivity index (χ1) is 7.89. The SMILES string of the molecule is COCCN(C)S(=O)(=O)c1cc(Br)ccc1C. The van der Waals surface area contributed by atoms with Crippen molar-refractivity contribution in [3.8, 4) is 0 Å². The number of hydrogen-bond acceptors (Lipinski definition) is 3. The van der Waals surface area contributed by atoms with Gasteiger partial charge in [0.15, 0.2) is 0 Å². The van der Waals surface area contributed by atoms with Crippen LogP contribution in [0.4, 0.5) is 0 Å².